The molecule has 0 bridgehead atoms. The molecule has 130 valence electrons. The van der Waals surface area contributed by atoms with E-state index in [1.54, 1.807) is 0 Å². The predicted molar refractivity (Wildman–Crippen MR) is 91.8 cm³/mol. The maximum atomic E-state index is 12.5. The van der Waals surface area contributed by atoms with E-state index < -0.39 is 11.7 Å². The van der Waals surface area contributed by atoms with Gasteiger partial charge in [0.05, 0.1) is 22.0 Å². The summed E-state index contributed by atoms with van der Waals surface area (Å²) in [5, 5.41) is 5.01. The maximum absolute atomic E-state index is 12.5. The average Bonchev–Trinajstić information content (AvgIpc) is 2.91. The highest BCUT2D eigenvalue weighted by Crippen LogP contribution is 2.30. The van der Waals surface area contributed by atoms with Crippen molar-refractivity contribution in [1.29, 1.82) is 0 Å². The molecule has 25 heavy (non-hydrogen) atoms. The molecule has 3 aromatic rings. The summed E-state index contributed by atoms with van der Waals surface area (Å²) in [5.41, 5.74) is 3.34. The molecule has 3 rings (SSSR count). The first-order chi connectivity index (χ1) is 11.8. The molecule has 2 heterocycles. The number of alkyl halides is 3. The summed E-state index contributed by atoms with van der Waals surface area (Å²) in [6, 6.07) is 12.4. The van der Waals surface area contributed by atoms with Gasteiger partial charge in [-0.05, 0) is 49.7 Å². The number of halogens is 3. The summed E-state index contributed by atoms with van der Waals surface area (Å²) < 4.78 is 39.5. The Morgan fingerprint density at radius 3 is 2.28 bits per heavy atom. The fraction of sp³-hybridized carbons (Fsp3) is 0.222. The van der Waals surface area contributed by atoms with Crippen LogP contribution in [-0.2, 0) is 11.9 Å². The van der Waals surface area contributed by atoms with Crippen LogP contribution in [0.15, 0.2) is 53.7 Å². The molecule has 0 fully saturated rings. The van der Waals surface area contributed by atoms with Crippen molar-refractivity contribution in [3.8, 4) is 5.69 Å². The van der Waals surface area contributed by atoms with Gasteiger partial charge in [-0.1, -0.05) is 12.1 Å². The summed E-state index contributed by atoms with van der Waals surface area (Å²) >= 11 is 1.40. The molecule has 0 aliphatic rings. The highest BCUT2D eigenvalue weighted by Gasteiger charge is 2.30. The Kier molecular flexibility index (Phi) is 4.85. The van der Waals surface area contributed by atoms with Crippen LogP contribution < -0.4 is 0 Å². The van der Waals surface area contributed by atoms with Gasteiger partial charge in [-0.2, -0.15) is 18.3 Å². The highest BCUT2D eigenvalue weighted by atomic mass is 32.2. The molecule has 0 radical (unpaired) electrons. The van der Waals surface area contributed by atoms with Crippen molar-refractivity contribution >= 4 is 11.8 Å². The number of benzene rings is 1. The van der Waals surface area contributed by atoms with Gasteiger partial charge in [0.15, 0.2) is 0 Å². The topological polar surface area (TPSA) is 30.7 Å². The second-order valence-electron chi connectivity index (χ2n) is 5.68. The van der Waals surface area contributed by atoms with E-state index in [1.807, 2.05) is 48.9 Å². The fourth-order valence-corrected chi connectivity index (χ4v) is 3.21. The van der Waals surface area contributed by atoms with E-state index in [2.05, 4.69) is 10.1 Å². The van der Waals surface area contributed by atoms with E-state index in [4.69, 9.17) is 0 Å². The molecule has 2 aromatic heterocycles. The van der Waals surface area contributed by atoms with Crippen LogP contribution in [0.25, 0.3) is 5.69 Å². The van der Waals surface area contributed by atoms with Crippen LogP contribution >= 0.6 is 11.8 Å². The van der Waals surface area contributed by atoms with Crippen LogP contribution in [0.5, 0.6) is 0 Å². The fourth-order valence-electron chi connectivity index (χ4n) is 2.41. The van der Waals surface area contributed by atoms with Gasteiger partial charge >= 0.3 is 6.18 Å². The number of rotatable bonds is 4. The lowest BCUT2D eigenvalue weighted by molar-refractivity contribution is -0.137. The van der Waals surface area contributed by atoms with Crippen molar-refractivity contribution in [1.82, 2.24) is 14.8 Å². The summed E-state index contributed by atoms with van der Waals surface area (Å²) in [5.74, 6) is 0.635. The van der Waals surface area contributed by atoms with Crippen molar-refractivity contribution in [2.24, 2.45) is 0 Å². The van der Waals surface area contributed by atoms with E-state index in [0.717, 1.165) is 34.9 Å². The van der Waals surface area contributed by atoms with E-state index in [-0.39, 0.29) is 0 Å². The van der Waals surface area contributed by atoms with E-state index in [9.17, 15) is 13.2 Å². The molecule has 0 unspecified atom stereocenters. The Balaban J connectivity index is 1.65. The van der Waals surface area contributed by atoms with Gasteiger partial charge in [-0.15, -0.1) is 11.8 Å². The number of thioether (sulfide) groups is 1. The molecule has 0 saturated carbocycles. The van der Waals surface area contributed by atoms with Crippen LogP contribution in [0.2, 0.25) is 0 Å². The minimum Gasteiger partial charge on any atom is -0.249 e. The number of hydrogen-bond acceptors (Lipinski definition) is 3. The monoisotopic (exact) mass is 363 g/mol. The molecule has 0 aliphatic carbocycles. The van der Waals surface area contributed by atoms with Gasteiger partial charge in [0.2, 0.25) is 0 Å². The maximum Gasteiger partial charge on any atom is 0.417 e. The average molecular weight is 363 g/mol. The highest BCUT2D eigenvalue weighted by molar-refractivity contribution is 7.98. The standard InChI is InChI=1S/C18H16F3N3S/c1-12-9-13(2)24(23-12)16-6-3-14(4-7-16)11-25-17-8-5-15(10-22-17)18(19,20)21/h3-10H,11H2,1-2H3. The summed E-state index contributed by atoms with van der Waals surface area (Å²) in [6.07, 6.45) is -3.48. The van der Waals surface area contributed by atoms with Crippen molar-refractivity contribution in [2.75, 3.05) is 0 Å². The third kappa shape index (κ3) is 4.22. The second-order valence-corrected chi connectivity index (χ2v) is 6.67. The van der Waals surface area contributed by atoms with Crippen LogP contribution in [0.3, 0.4) is 0 Å². The van der Waals surface area contributed by atoms with Gasteiger partial charge in [0.1, 0.15) is 0 Å². The zero-order chi connectivity index (χ0) is 18.0. The van der Waals surface area contributed by atoms with Gasteiger partial charge in [-0.3, -0.25) is 0 Å². The van der Waals surface area contributed by atoms with Crippen LogP contribution in [0.1, 0.15) is 22.5 Å². The summed E-state index contributed by atoms with van der Waals surface area (Å²) in [7, 11) is 0. The Morgan fingerprint density at radius 2 is 1.76 bits per heavy atom. The number of hydrogen-bond donors (Lipinski definition) is 0. The molecule has 7 heteroatoms. The normalized spacial score (nSPS) is 11.7. The number of nitrogens with zero attached hydrogens (tertiary/aromatic N) is 3. The SMILES string of the molecule is Cc1cc(C)n(-c2ccc(CSc3ccc(C(F)(F)F)cn3)cc2)n1. The quantitative estimate of drug-likeness (QED) is 0.597. The van der Waals surface area contributed by atoms with Gasteiger partial charge < -0.3 is 0 Å². The predicted octanol–water partition coefficient (Wildman–Crippen LogP) is 5.20. The van der Waals surface area contributed by atoms with Crippen molar-refractivity contribution in [3.05, 3.63) is 71.2 Å². The molecule has 0 aliphatic heterocycles. The molecular weight excluding hydrogens is 347 g/mol. The first-order valence-electron chi connectivity index (χ1n) is 7.61. The third-order valence-electron chi connectivity index (χ3n) is 3.64. The lowest BCUT2D eigenvalue weighted by Gasteiger charge is -2.08. The van der Waals surface area contributed by atoms with Gasteiger partial charge in [0.25, 0.3) is 0 Å². The van der Waals surface area contributed by atoms with Gasteiger partial charge in [0, 0.05) is 17.6 Å². The van der Waals surface area contributed by atoms with Gasteiger partial charge in [-0.25, -0.2) is 9.67 Å². The zero-order valence-corrected chi connectivity index (χ0v) is 14.5. The molecule has 0 saturated heterocycles. The molecular formula is C18H16F3N3S. The smallest absolute Gasteiger partial charge is 0.249 e. The van der Waals surface area contributed by atoms with E-state index >= 15 is 0 Å². The Bertz CT molecular complexity index is 853. The zero-order valence-electron chi connectivity index (χ0n) is 13.7. The van der Waals surface area contributed by atoms with Crippen molar-refractivity contribution < 1.29 is 13.2 Å². The summed E-state index contributed by atoms with van der Waals surface area (Å²) in [4.78, 5) is 3.87. The Hall–Kier alpha value is -2.28. The largest absolute Gasteiger partial charge is 0.417 e. The van der Waals surface area contributed by atoms with Crippen LogP contribution in [-0.4, -0.2) is 14.8 Å². The van der Waals surface area contributed by atoms with Crippen LogP contribution in [0, 0.1) is 13.8 Å². The molecule has 0 spiro atoms. The third-order valence-corrected chi connectivity index (χ3v) is 4.66. The number of aromatic nitrogens is 3. The first-order valence-corrected chi connectivity index (χ1v) is 8.60. The number of pyridine rings is 1. The minimum absolute atomic E-state index is 0.565. The van der Waals surface area contributed by atoms with Crippen molar-refractivity contribution in [2.45, 2.75) is 30.8 Å². The number of aryl methyl sites for hydroxylation is 2. The van der Waals surface area contributed by atoms with Crippen molar-refractivity contribution in [3.63, 3.8) is 0 Å². The second kappa shape index (κ2) is 6.92. The molecule has 0 atom stereocenters. The first kappa shape index (κ1) is 17.5. The Morgan fingerprint density at radius 1 is 1.04 bits per heavy atom. The van der Waals surface area contributed by atoms with E-state index in [1.165, 1.54) is 17.8 Å². The van der Waals surface area contributed by atoms with Crippen LogP contribution in [0.4, 0.5) is 13.2 Å². The molecule has 1 aromatic carbocycles. The molecule has 0 amide bonds. The molecule has 0 N–H and O–H groups in total. The van der Waals surface area contributed by atoms with E-state index in [0.29, 0.717) is 10.8 Å². The Labute approximate surface area is 147 Å². The summed E-state index contributed by atoms with van der Waals surface area (Å²) in [6.45, 7) is 3.95. The lowest BCUT2D eigenvalue weighted by atomic mass is 10.2. The minimum atomic E-state index is -4.35. The lowest BCUT2D eigenvalue weighted by Crippen LogP contribution is -2.05. The molecule has 3 nitrogen and oxygen atoms in total.